The normalized spacial score (nSPS) is 13.2. The second-order valence-electron chi connectivity index (χ2n) is 4.14. The summed E-state index contributed by atoms with van der Waals surface area (Å²) in [6.45, 7) is 3.27. The number of carbonyl (C=O) groups is 1. The van der Waals surface area contributed by atoms with Crippen molar-refractivity contribution in [2.75, 3.05) is 0 Å². The molecule has 1 aromatic carbocycles. The van der Waals surface area contributed by atoms with Crippen molar-refractivity contribution in [1.82, 2.24) is 5.32 Å². The lowest BCUT2D eigenvalue weighted by molar-refractivity contribution is -0.385. The minimum atomic E-state index is -1.08. The molecule has 0 heterocycles. The quantitative estimate of drug-likeness (QED) is 0.678. The third kappa shape index (κ3) is 3.20. The Morgan fingerprint density at radius 1 is 1.63 bits per heavy atom. The van der Waals surface area contributed by atoms with Crippen LogP contribution in [0, 0.1) is 21.4 Å². The van der Waals surface area contributed by atoms with Gasteiger partial charge in [-0.15, -0.1) is 0 Å². The molecule has 0 aliphatic rings. The Morgan fingerprint density at radius 3 is 2.74 bits per heavy atom. The van der Waals surface area contributed by atoms with Gasteiger partial charge in [-0.3, -0.25) is 14.9 Å². The van der Waals surface area contributed by atoms with Crippen LogP contribution in [0.2, 0.25) is 5.02 Å². The zero-order chi connectivity index (χ0) is 14.6. The van der Waals surface area contributed by atoms with Crippen LogP contribution in [-0.4, -0.2) is 16.4 Å². The Bertz CT molecular complexity index is 568. The lowest BCUT2D eigenvalue weighted by Crippen LogP contribution is -2.44. The Labute approximate surface area is 115 Å². The molecule has 0 aliphatic heterocycles. The summed E-state index contributed by atoms with van der Waals surface area (Å²) in [7, 11) is 0. The van der Waals surface area contributed by atoms with E-state index in [1.54, 1.807) is 13.8 Å². The molecule has 1 unspecified atom stereocenters. The van der Waals surface area contributed by atoms with Gasteiger partial charge in [-0.2, -0.15) is 5.26 Å². The number of hydrogen-bond acceptors (Lipinski definition) is 4. The molecule has 100 valence electrons. The first-order chi connectivity index (χ1) is 8.84. The number of halogens is 1. The molecule has 1 amide bonds. The van der Waals surface area contributed by atoms with Gasteiger partial charge in [0.25, 0.3) is 5.91 Å². The molecule has 19 heavy (non-hydrogen) atoms. The van der Waals surface area contributed by atoms with Crippen LogP contribution < -0.4 is 5.32 Å². The number of nitro benzene ring substituents is 1. The van der Waals surface area contributed by atoms with E-state index >= 15 is 0 Å². The highest BCUT2D eigenvalue weighted by Crippen LogP contribution is 2.28. The average Bonchev–Trinajstić information content (AvgIpc) is 2.37. The molecule has 0 aromatic heterocycles. The van der Waals surface area contributed by atoms with E-state index in [0.29, 0.717) is 6.42 Å². The summed E-state index contributed by atoms with van der Waals surface area (Å²) in [5, 5.41) is 22.3. The maximum Gasteiger partial charge on any atom is 0.300 e. The highest BCUT2D eigenvalue weighted by molar-refractivity contribution is 6.33. The van der Waals surface area contributed by atoms with Gasteiger partial charge < -0.3 is 5.32 Å². The van der Waals surface area contributed by atoms with Crippen LogP contribution in [0.3, 0.4) is 0 Å². The van der Waals surface area contributed by atoms with Crippen molar-refractivity contribution in [2.45, 2.75) is 25.8 Å². The fourth-order valence-corrected chi connectivity index (χ4v) is 1.64. The van der Waals surface area contributed by atoms with Crippen LogP contribution >= 0.6 is 11.6 Å². The van der Waals surface area contributed by atoms with Gasteiger partial charge >= 0.3 is 5.69 Å². The van der Waals surface area contributed by atoms with Crippen molar-refractivity contribution >= 4 is 23.2 Å². The van der Waals surface area contributed by atoms with Gasteiger partial charge in [0.2, 0.25) is 0 Å². The van der Waals surface area contributed by atoms with E-state index in [1.165, 1.54) is 18.2 Å². The van der Waals surface area contributed by atoms with E-state index in [2.05, 4.69) is 5.32 Å². The van der Waals surface area contributed by atoms with E-state index in [0.717, 1.165) is 0 Å². The fraction of sp³-hybridized carbons (Fsp3) is 0.333. The molecule has 0 radical (unpaired) electrons. The zero-order valence-electron chi connectivity index (χ0n) is 10.4. The van der Waals surface area contributed by atoms with Crippen LogP contribution in [0.25, 0.3) is 0 Å². The number of rotatable bonds is 4. The molecular formula is C12H12ClN3O3. The summed E-state index contributed by atoms with van der Waals surface area (Å²) >= 11 is 5.72. The summed E-state index contributed by atoms with van der Waals surface area (Å²) < 4.78 is 0. The van der Waals surface area contributed by atoms with Gasteiger partial charge in [0, 0.05) is 0 Å². The van der Waals surface area contributed by atoms with Crippen LogP contribution in [-0.2, 0) is 0 Å². The predicted molar refractivity (Wildman–Crippen MR) is 69.9 cm³/mol. The number of nitro groups is 1. The number of carbonyl (C=O) groups excluding carboxylic acids is 1. The van der Waals surface area contributed by atoms with Crippen molar-refractivity contribution < 1.29 is 9.72 Å². The number of para-hydroxylation sites is 1. The highest BCUT2D eigenvalue weighted by atomic mass is 35.5. The molecule has 0 aliphatic carbocycles. The van der Waals surface area contributed by atoms with Gasteiger partial charge in [-0.05, 0) is 25.5 Å². The molecule has 1 N–H and O–H groups in total. The van der Waals surface area contributed by atoms with Crippen LogP contribution in [0.4, 0.5) is 5.69 Å². The third-order valence-electron chi connectivity index (χ3n) is 2.76. The second-order valence-corrected chi connectivity index (χ2v) is 4.55. The molecule has 1 aromatic rings. The standard InChI is InChI=1S/C12H12ClN3O3/c1-3-12(2,7-14)15-11(17)8-5-4-6-9(13)10(8)16(18)19/h4-6H,3H2,1-2H3,(H,15,17). The van der Waals surface area contributed by atoms with Crippen molar-refractivity contribution in [3.63, 3.8) is 0 Å². The van der Waals surface area contributed by atoms with E-state index in [1.807, 2.05) is 6.07 Å². The third-order valence-corrected chi connectivity index (χ3v) is 3.06. The molecule has 0 fully saturated rings. The summed E-state index contributed by atoms with van der Waals surface area (Å²) in [5.41, 5.74) is -1.70. The van der Waals surface area contributed by atoms with E-state index in [9.17, 15) is 14.9 Å². The van der Waals surface area contributed by atoms with Crippen LogP contribution in [0.1, 0.15) is 30.6 Å². The summed E-state index contributed by atoms with van der Waals surface area (Å²) in [5.74, 6) is -0.694. The van der Waals surface area contributed by atoms with Crippen molar-refractivity contribution in [3.05, 3.63) is 38.9 Å². The number of nitrogens with zero attached hydrogens (tertiary/aromatic N) is 2. The SMILES string of the molecule is CCC(C)(C#N)NC(=O)c1cccc(Cl)c1[N+](=O)[O-]. The lowest BCUT2D eigenvalue weighted by atomic mass is 10.0. The first-order valence-corrected chi connectivity index (χ1v) is 5.89. The van der Waals surface area contributed by atoms with E-state index in [-0.39, 0.29) is 10.6 Å². The smallest absolute Gasteiger partial charge is 0.300 e. The minimum Gasteiger partial charge on any atom is -0.334 e. The Hall–Kier alpha value is -2.13. The monoisotopic (exact) mass is 281 g/mol. The number of hydrogen-bond donors (Lipinski definition) is 1. The Balaban J connectivity index is 3.19. The Kier molecular flexibility index (Phi) is 4.46. The van der Waals surface area contributed by atoms with Gasteiger partial charge in [0.1, 0.15) is 16.1 Å². The molecule has 1 atom stereocenters. The number of amides is 1. The summed E-state index contributed by atoms with van der Waals surface area (Å²) in [4.78, 5) is 22.2. The highest BCUT2D eigenvalue weighted by Gasteiger charge is 2.29. The largest absolute Gasteiger partial charge is 0.334 e. The minimum absolute atomic E-state index is 0.118. The number of nitrogens with one attached hydrogen (secondary N) is 1. The molecule has 0 saturated carbocycles. The number of nitriles is 1. The second kappa shape index (κ2) is 5.67. The topological polar surface area (TPSA) is 96.0 Å². The van der Waals surface area contributed by atoms with Crippen LogP contribution in [0.5, 0.6) is 0 Å². The average molecular weight is 282 g/mol. The first kappa shape index (κ1) is 14.9. The first-order valence-electron chi connectivity index (χ1n) is 5.51. The maximum atomic E-state index is 12.0. The molecule has 7 heteroatoms. The van der Waals surface area contributed by atoms with Crippen molar-refractivity contribution in [1.29, 1.82) is 5.26 Å². The van der Waals surface area contributed by atoms with Gasteiger partial charge in [0.15, 0.2) is 0 Å². The summed E-state index contributed by atoms with van der Waals surface area (Å²) in [6, 6.07) is 6.03. The molecule has 1 rings (SSSR count). The predicted octanol–water partition coefficient (Wildman–Crippen LogP) is 2.67. The lowest BCUT2D eigenvalue weighted by Gasteiger charge is -2.21. The molecular weight excluding hydrogens is 270 g/mol. The Morgan fingerprint density at radius 2 is 2.26 bits per heavy atom. The van der Waals surface area contributed by atoms with Gasteiger partial charge in [-0.1, -0.05) is 24.6 Å². The number of benzene rings is 1. The van der Waals surface area contributed by atoms with Crippen molar-refractivity contribution in [2.24, 2.45) is 0 Å². The van der Waals surface area contributed by atoms with Crippen molar-refractivity contribution in [3.8, 4) is 6.07 Å². The molecule has 0 spiro atoms. The van der Waals surface area contributed by atoms with E-state index < -0.39 is 22.1 Å². The molecule has 6 nitrogen and oxygen atoms in total. The maximum absolute atomic E-state index is 12.0. The van der Waals surface area contributed by atoms with E-state index in [4.69, 9.17) is 16.9 Å². The van der Waals surface area contributed by atoms with Gasteiger partial charge in [-0.25, -0.2) is 0 Å². The molecule has 0 saturated heterocycles. The molecule has 0 bridgehead atoms. The van der Waals surface area contributed by atoms with Gasteiger partial charge in [0.05, 0.1) is 11.0 Å². The summed E-state index contributed by atoms with van der Waals surface area (Å²) in [6.07, 6.45) is 0.379. The zero-order valence-corrected chi connectivity index (χ0v) is 11.2. The fourth-order valence-electron chi connectivity index (χ4n) is 1.40. The van der Waals surface area contributed by atoms with Crippen LogP contribution in [0.15, 0.2) is 18.2 Å².